The van der Waals surface area contributed by atoms with Crippen molar-refractivity contribution in [2.45, 2.75) is 31.7 Å². The third-order valence-corrected chi connectivity index (χ3v) is 5.17. The maximum atomic E-state index is 12.1. The Bertz CT molecular complexity index is 672. The highest BCUT2D eigenvalue weighted by atomic mass is 35.5. The average molecular weight is 336 g/mol. The van der Waals surface area contributed by atoms with Crippen molar-refractivity contribution >= 4 is 44.9 Å². The summed E-state index contributed by atoms with van der Waals surface area (Å²) in [7, 11) is -3.78. The summed E-state index contributed by atoms with van der Waals surface area (Å²) in [6.45, 7) is 6.01. The topological polar surface area (TPSA) is 70.6 Å². The standard InChI is InChI=1S/C12H15Cl2N3O2S/c1-6(2)7(3)15-12-16-10-4-8(13)9(14)5-11(10)20(18,19)17-12/h4-7H,1-3H3,(H2,15,16,17). The zero-order chi connectivity index (χ0) is 15.1. The van der Waals surface area contributed by atoms with Gasteiger partial charge in [-0.1, -0.05) is 37.0 Å². The largest absolute Gasteiger partial charge is 0.352 e. The van der Waals surface area contributed by atoms with Crippen LogP contribution >= 0.6 is 23.2 Å². The van der Waals surface area contributed by atoms with Crippen LogP contribution in [0, 0.1) is 5.92 Å². The highest BCUT2D eigenvalue weighted by Gasteiger charge is 2.27. The van der Waals surface area contributed by atoms with Crippen LogP contribution in [-0.4, -0.2) is 20.4 Å². The molecule has 0 radical (unpaired) electrons. The van der Waals surface area contributed by atoms with Gasteiger partial charge in [-0.05, 0) is 25.0 Å². The summed E-state index contributed by atoms with van der Waals surface area (Å²) in [5.74, 6) is 0.523. The summed E-state index contributed by atoms with van der Waals surface area (Å²) in [4.78, 5) is 0.0228. The van der Waals surface area contributed by atoms with Crippen molar-refractivity contribution in [3.05, 3.63) is 22.2 Å². The van der Waals surface area contributed by atoms with E-state index in [1.54, 1.807) is 0 Å². The Balaban J connectivity index is 2.40. The number of nitrogens with zero attached hydrogens (tertiary/aromatic N) is 1. The minimum absolute atomic E-state index is 0.0228. The summed E-state index contributed by atoms with van der Waals surface area (Å²) in [5.41, 5.74) is 0.368. The van der Waals surface area contributed by atoms with E-state index in [1.165, 1.54) is 12.1 Å². The molecule has 0 spiro atoms. The van der Waals surface area contributed by atoms with Crippen LogP contribution in [0.1, 0.15) is 20.8 Å². The molecule has 8 heteroatoms. The molecule has 110 valence electrons. The number of guanidine groups is 1. The Morgan fingerprint density at radius 1 is 1.20 bits per heavy atom. The third-order valence-electron chi connectivity index (χ3n) is 3.13. The highest BCUT2D eigenvalue weighted by Crippen LogP contribution is 2.34. The smallest absolute Gasteiger partial charge is 0.287 e. The molecule has 2 rings (SSSR count). The fraction of sp³-hybridized carbons (Fsp3) is 0.417. The quantitative estimate of drug-likeness (QED) is 0.871. The third kappa shape index (κ3) is 3.02. The van der Waals surface area contributed by atoms with Gasteiger partial charge in [0.25, 0.3) is 10.0 Å². The lowest BCUT2D eigenvalue weighted by Gasteiger charge is -2.24. The first kappa shape index (κ1) is 15.4. The molecule has 0 fully saturated rings. The second kappa shape index (κ2) is 5.42. The van der Waals surface area contributed by atoms with Crippen molar-refractivity contribution in [3.63, 3.8) is 0 Å². The maximum Gasteiger partial charge on any atom is 0.287 e. The predicted octanol–water partition coefficient (Wildman–Crippen LogP) is 3.10. The van der Waals surface area contributed by atoms with Crippen LogP contribution in [-0.2, 0) is 10.0 Å². The Kier molecular flexibility index (Phi) is 4.18. The summed E-state index contributed by atoms with van der Waals surface area (Å²) < 4.78 is 28.0. The highest BCUT2D eigenvalue weighted by molar-refractivity contribution is 7.90. The van der Waals surface area contributed by atoms with Gasteiger partial charge in [0, 0.05) is 6.04 Å². The van der Waals surface area contributed by atoms with E-state index >= 15 is 0 Å². The molecular formula is C12H15Cl2N3O2S. The van der Waals surface area contributed by atoms with Gasteiger partial charge in [-0.2, -0.15) is 8.42 Å². The molecule has 2 N–H and O–H groups in total. The van der Waals surface area contributed by atoms with Crippen molar-refractivity contribution in [2.75, 3.05) is 5.32 Å². The van der Waals surface area contributed by atoms with Crippen LogP contribution in [0.2, 0.25) is 10.0 Å². The van der Waals surface area contributed by atoms with E-state index in [9.17, 15) is 8.42 Å². The number of anilines is 1. The van der Waals surface area contributed by atoms with E-state index in [0.29, 0.717) is 11.6 Å². The lowest BCUT2D eigenvalue weighted by molar-refractivity contribution is 0.486. The molecule has 0 saturated carbocycles. The molecule has 1 atom stereocenters. The van der Waals surface area contributed by atoms with Crippen molar-refractivity contribution < 1.29 is 8.42 Å². The molecule has 0 bridgehead atoms. The molecule has 1 aliphatic rings. The minimum atomic E-state index is -3.78. The molecular weight excluding hydrogens is 321 g/mol. The van der Waals surface area contributed by atoms with Crippen LogP contribution in [0.4, 0.5) is 5.69 Å². The zero-order valence-corrected chi connectivity index (χ0v) is 13.6. The van der Waals surface area contributed by atoms with Crippen molar-refractivity contribution in [2.24, 2.45) is 10.3 Å². The summed E-state index contributed by atoms with van der Waals surface area (Å²) in [5, 5.41) is 6.42. The van der Waals surface area contributed by atoms with Crippen molar-refractivity contribution in [3.8, 4) is 0 Å². The summed E-state index contributed by atoms with van der Waals surface area (Å²) >= 11 is 11.8. The van der Waals surface area contributed by atoms with Gasteiger partial charge >= 0.3 is 0 Å². The summed E-state index contributed by atoms with van der Waals surface area (Å²) in [6, 6.07) is 2.85. The molecule has 0 aliphatic carbocycles. The molecule has 5 nitrogen and oxygen atoms in total. The van der Waals surface area contributed by atoms with E-state index < -0.39 is 10.0 Å². The number of benzene rings is 1. The van der Waals surface area contributed by atoms with Gasteiger partial charge in [0.1, 0.15) is 4.90 Å². The van der Waals surface area contributed by atoms with Crippen LogP contribution in [0.15, 0.2) is 21.4 Å². The number of halogens is 2. The van der Waals surface area contributed by atoms with Gasteiger partial charge < -0.3 is 10.6 Å². The number of hydrogen-bond donors (Lipinski definition) is 2. The number of fused-ring (bicyclic) bond motifs is 1. The lowest BCUT2D eigenvalue weighted by Crippen LogP contribution is -2.42. The average Bonchev–Trinajstić information content (AvgIpc) is 2.31. The monoisotopic (exact) mass is 335 g/mol. The first-order valence-corrected chi connectivity index (χ1v) is 8.28. The molecule has 0 aromatic heterocycles. The van der Waals surface area contributed by atoms with Gasteiger partial charge in [-0.25, -0.2) is 0 Å². The maximum absolute atomic E-state index is 12.1. The zero-order valence-electron chi connectivity index (χ0n) is 11.2. The number of hydrogen-bond acceptors (Lipinski definition) is 4. The number of sulfonamides is 1. The molecule has 0 amide bonds. The van der Waals surface area contributed by atoms with Gasteiger partial charge in [0.2, 0.25) is 5.96 Å². The van der Waals surface area contributed by atoms with Gasteiger partial charge in [-0.3, -0.25) is 0 Å². The Labute approximate surface area is 128 Å². The van der Waals surface area contributed by atoms with Crippen molar-refractivity contribution in [1.29, 1.82) is 0 Å². The van der Waals surface area contributed by atoms with Gasteiger partial charge in [0.05, 0.1) is 15.7 Å². The van der Waals surface area contributed by atoms with Crippen LogP contribution in [0.5, 0.6) is 0 Å². The normalized spacial score (nSPS) is 18.0. The van der Waals surface area contributed by atoms with E-state index in [1.807, 2.05) is 20.8 Å². The molecule has 1 aromatic carbocycles. The first-order valence-electron chi connectivity index (χ1n) is 6.08. The predicted molar refractivity (Wildman–Crippen MR) is 82.1 cm³/mol. The van der Waals surface area contributed by atoms with E-state index in [2.05, 4.69) is 15.0 Å². The number of rotatable bonds is 2. The Morgan fingerprint density at radius 3 is 2.40 bits per heavy atom. The summed E-state index contributed by atoms with van der Waals surface area (Å²) in [6.07, 6.45) is 0. The second-order valence-electron chi connectivity index (χ2n) is 4.98. The molecule has 1 aliphatic heterocycles. The SMILES string of the molecule is CC(C)C(C)NC1=NS(=O)(=O)c2cc(Cl)c(Cl)cc2N1. The fourth-order valence-electron chi connectivity index (χ4n) is 1.60. The van der Waals surface area contributed by atoms with E-state index in [0.717, 1.165) is 0 Å². The van der Waals surface area contributed by atoms with Crippen molar-refractivity contribution in [1.82, 2.24) is 5.32 Å². The first-order chi connectivity index (χ1) is 9.20. The van der Waals surface area contributed by atoms with E-state index in [4.69, 9.17) is 23.2 Å². The van der Waals surface area contributed by atoms with Crippen LogP contribution in [0.25, 0.3) is 0 Å². The molecule has 1 heterocycles. The molecule has 1 aromatic rings. The molecule has 0 saturated heterocycles. The Hall–Kier alpha value is -0.980. The lowest BCUT2D eigenvalue weighted by atomic mass is 10.1. The minimum Gasteiger partial charge on any atom is -0.352 e. The van der Waals surface area contributed by atoms with Crippen LogP contribution < -0.4 is 10.6 Å². The number of nitrogens with one attached hydrogen (secondary N) is 2. The van der Waals surface area contributed by atoms with Crippen LogP contribution in [0.3, 0.4) is 0 Å². The Morgan fingerprint density at radius 2 is 1.80 bits per heavy atom. The van der Waals surface area contributed by atoms with Gasteiger partial charge in [-0.15, -0.1) is 4.40 Å². The molecule has 1 unspecified atom stereocenters. The fourth-order valence-corrected chi connectivity index (χ4v) is 3.09. The van der Waals surface area contributed by atoms with E-state index in [-0.39, 0.29) is 26.9 Å². The second-order valence-corrected chi connectivity index (χ2v) is 7.37. The van der Waals surface area contributed by atoms with Gasteiger partial charge in [0.15, 0.2) is 0 Å². The molecule has 20 heavy (non-hydrogen) atoms.